The molecule has 0 saturated heterocycles. The quantitative estimate of drug-likeness (QED) is 0.573. The average Bonchev–Trinajstić information content (AvgIpc) is 3.06. The number of aromatic nitrogens is 1. The van der Waals surface area contributed by atoms with Crippen molar-refractivity contribution in [2.45, 2.75) is 19.4 Å². The first-order valence-electron chi connectivity index (χ1n) is 8.94. The second-order valence-corrected chi connectivity index (χ2v) is 7.20. The summed E-state index contributed by atoms with van der Waals surface area (Å²) in [6, 6.07) is 15.2. The molecule has 0 atom stereocenters. The number of nitrogens with zero attached hydrogens (tertiary/aromatic N) is 2. The average molecular weight is 398 g/mol. The molecule has 0 unspecified atom stereocenters. The van der Waals surface area contributed by atoms with E-state index in [1.54, 1.807) is 19.2 Å². The first kappa shape index (κ1) is 20.0. The van der Waals surface area contributed by atoms with E-state index in [-0.39, 0.29) is 5.91 Å². The molecule has 0 spiro atoms. The van der Waals surface area contributed by atoms with E-state index >= 15 is 0 Å². The second-order valence-electron chi connectivity index (χ2n) is 6.19. The number of amides is 1. The largest absolute Gasteiger partial charge is 0.465 e. The van der Waals surface area contributed by atoms with Crippen LogP contribution in [0.3, 0.4) is 0 Å². The zero-order chi connectivity index (χ0) is 19.9. The molecule has 0 N–H and O–H groups in total. The van der Waals surface area contributed by atoms with Gasteiger partial charge in [0.15, 0.2) is 4.80 Å². The molecule has 28 heavy (non-hydrogen) atoms. The first-order chi connectivity index (χ1) is 13.6. The number of ether oxygens (including phenoxy) is 2. The Morgan fingerprint density at radius 2 is 1.89 bits per heavy atom. The Kier molecular flexibility index (Phi) is 6.73. The predicted octanol–water partition coefficient (Wildman–Crippen LogP) is 3.20. The SMILES string of the molecule is COCCn1c(=NC(=O)CCc2ccccc2)sc2cc(C(=O)OC)ccc21. The van der Waals surface area contributed by atoms with Gasteiger partial charge < -0.3 is 14.0 Å². The van der Waals surface area contributed by atoms with E-state index in [0.29, 0.717) is 36.4 Å². The predicted molar refractivity (Wildman–Crippen MR) is 108 cm³/mol. The Hall–Kier alpha value is -2.77. The molecule has 0 fully saturated rings. The van der Waals surface area contributed by atoms with Gasteiger partial charge in [-0.1, -0.05) is 41.7 Å². The van der Waals surface area contributed by atoms with Gasteiger partial charge in [-0.05, 0) is 30.2 Å². The van der Waals surface area contributed by atoms with Crippen LogP contribution in [0.2, 0.25) is 0 Å². The molecule has 7 heteroatoms. The molecular weight excluding hydrogens is 376 g/mol. The third-order valence-corrected chi connectivity index (χ3v) is 5.35. The van der Waals surface area contributed by atoms with Gasteiger partial charge in [0.2, 0.25) is 5.91 Å². The molecule has 0 aliphatic carbocycles. The van der Waals surface area contributed by atoms with Gasteiger partial charge in [0.05, 0.1) is 29.5 Å². The van der Waals surface area contributed by atoms with Crippen molar-refractivity contribution in [1.82, 2.24) is 4.57 Å². The molecule has 146 valence electrons. The van der Waals surface area contributed by atoms with E-state index in [0.717, 1.165) is 15.8 Å². The zero-order valence-electron chi connectivity index (χ0n) is 15.9. The summed E-state index contributed by atoms with van der Waals surface area (Å²) in [5, 5.41) is 0. The Balaban J connectivity index is 1.91. The maximum Gasteiger partial charge on any atom is 0.337 e. The molecule has 3 rings (SSSR count). The molecule has 0 radical (unpaired) electrons. The van der Waals surface area contributed by atoms with Gasteiger partial charge in [-0.2, -0.15) is 4.99 Å². The van der Waals surface area contributed by atoms with Crippen molar-refractivity contribution >= 4 is 33.4 Å². The molecule has 0 saturated carbocycles. The molecule has 0 aliphatic heterocycles. The highest BCUT2D eigenvalue weighted by molar-refractivity contribution is 7.16. The fourth-order valence-electron chi connectivity index (χ4n) is 2.86. The van der Waals surface area contributed by atoms with Crippen LogP contribution in [-0.2, 0) is 27.2 Å². The lowest BCUT2D eigenvalue weighted by Crippen LogP contribution is -2.19. The van der Waals surface area contributed by atoms with Gasteiger partial charge in [0.1, 0.15) is 0 Å². The summed E-state index contributed by atoms with van der Waals surface area (Å²) in [6.07, 6.45) is 0.995. The number of esters is 1. The van der Waals surface area contributed by atoms with Crippen LogP contribution in [0.15, 0.2) is 53.5 Å². The number of carbonyl (C=O) groups excluding carboxylic acids is 2. The van der Waals surface area contributed by atoms with Crippen LogP contribution >= 0.6 is 11.3 Å². The van der Waals surface area contributed by atoms with Crippen molar-refractivity contribution in [3.63, 3.8) is 0 Å². The van der Waals surface area contributed by atoms with Crippen molar-refractivity contribution in [3.8, 4) is 0 Å². The molecule has 1 heterocycles. The van der Waals surface area contributed by atoms with E-state index in [1.165, 1.54) is 18.4 Å². The molecule has 0 aliphatic rings. The lowest BCUT2D eigenvalue weighted by atomic mass is 10.1. The van der Waals surface area contributed by atoms with Crippen LogP contribution in [0.1, 0.15) is 22.3 Å². The number of hydrogen-bond acceptors (Lipinski definition) is 5. The fourth-order valence-corrected chi connectivity index (χ4v) is 3.97. The van der Waals surface area contributed by atoms with Gasteiger partial charge in [-0.25, -0.2) is 4.79 Å². The normalized spacial score (nSPS) is 11.7. The molecular formula is C21H22N2O4S. The Labute approximate surface area is 167 Å². The van der Waals surface area contributed by atoms with Crippen molar-refractivity contribution < 1.29 is 19.1 Å². The number of aryl methyl sites for hydroxylation is 1. The van der Waals surface area contributed by atoms with Gasteiger partial charge in [-0.3, -0.25) is 4.79 Å². The number of rotatable bonds is 7. The number of methoxy groups -OCH3 is 2. The zero-order valence-corrected chi connectivity index (χ0v) is 16.7. The number of hydrogen-bond donors (Lipinski definition) is 0. The van der Waals surface area contributed by atoms with Gasteiger partial charge in [0.25, 0.3) is 0 Å². The summed E-state index contributed by atoms with van der Waals surface area (Å²) in [5.41, 5.74) is 2.48. The minimum Gasteiger partial charge on any atom is -0.465 e. The lowest BCUT2D eigenvalue weighted by Gasteiger charge is -2.05. The summed E-state index contributed by atoms with van der Waals surface area (Å²) in [5.74, 6) is -0.564. The Morgan fingerprint density at radius 3 is 2.61 bits per heavy atom. The standard InChI is InChI=1S/C21H22N2O4S/c1-26-13-12-23-17-10-9-16(20(25)27-2)14-18(17)28-21(23)22-19(24)11-8-15-6-4-3-5-7-15/h3-7,9-10,14H,8,11-13H2,1-2H3. The molecule has 1 amide bonds. The number of fused-ring (bicyclic) bond motifs is 1. The van der Waals surface area contributed by atoms with E-state index in [4.69, 9.17) is 9.47 Å². The third-order valence-electron chi connectivity index (χ3n) is 4.31. The smallest absolute Gasteiger partial charge is 0.337 e. The maximum absolute atomic E-state index is 12.4. The summed E-state index contributed by atoms with van der Waals surface area (Å²) in [7, 11) is 2.98. The Morgan fingerprint density at radius 1 is 1.11 bits per heavy atom. The van der Waals surface area contributed by atoms with Crippen LogP contribution in [0, 0.1) is 0 Å². The summed E-state index contributed by atoms with van der Waals surface area (Å²) < 4.78 is 12.8. The van der Waals surface area contributed by atoms with E-state index in [1.807, 2.05) is 41.0 Å². The van der Waals surface area contributed by atoms with E-state index in [9.17, 15) is 9.59 Å². The Bertz CT molecular complexity index is 1040. The summed E-state index contributed by atoms with van der Waals surface area (Å²) in [4.78, 5) is 29.2. The summed E-state index contributed by atoms with van der Waals surface area (Å²) in [6.45, 7) is 1.06. The number of carbonyl (C=O) groups is 2. The van der Waals surface area contributed by atoms with Gasteiger partial charge in [-0.15, -0.1) is 0 Å². The van der Waals surface area contributed by atoms with Crippen molar-refractivity contribution in [3.05, 3.63) is 64.5 Å². The molecule has 2 aromatic carbocycles. The highest BCUT2D eigenvalue weighted by Crippen LogP contribution is 2.20. The van der Waals surface area contributed by atoms with Gasteiger partial charge in [0, 0.05) is 20.1 Å². The van der Waals surface area contributed by atoms with Crippen LogP contribution in [0.5, 0.6) is 0 Å². The van der Waals surface area contributed by atoms with E-state index in [2.05, 4.69) is 4.99 Å². The molecule has 0 bridgehead atoms. The number of thiazole rings is 1. The maximum atomic E-state index is 12.4. The molecule has 6 nitrogen and oxygen atoms in total. The van der Waals surface area contributed by atoms with Crippen molar-refractivity contribution in [2.75, 3.05) is 20.8 Å². The molecule has 1 aromatic heterocycles. The third kappa shape index (κ3) is 4.74. The second kappa shape index (κ2) is 9.43. The van der Waals surface area contributed by atoms with Crippen molar-refractivity contribution in [1.29, 1.82) is 0 Å². The minimum atomic E-state index is -0.392. The van der Waals surface area contributed by atoms with Crippen LogP contribution < -0.4 is 4.80 Å². The van der Waals surface area contributed by atoms with Crippen LogP contribution in [0.4, 0.5) is 0 Å². The first-order valence-corrected chi connectivity index (χ1v) is 9.76. The topological polar surface area (TPSA) is 69.9 Å². The van der Waals surface area contributed by atoms with Gasteiger partial charge >= 0.3 is 5.97 Å². The monoisotopic (exact) mass is 398 g/mol. The van der Waals surface area contributed by atoms with E-state index < -0.39 is 5.97 Å². The summed E-state index contributed by atoms with van der Waals surface area (Å²) >= 11 is 1.38. The minimum absolute atomic E-state index is 0.172. The van der Waals surface area contributed by atoms with Crippen molar-refractivity contribution in [2.24, 2.45) is 4.99 Å². The lowest BCUT2D eigenvalue weighted by molar-refractivity contribution is -0.118. The van der Waals surface area contributed by atoms with Crippen LogP contribution in [0.25, 0.3) is 10.2 Å². The van der Waals surface area contributed by atoms with Crippen LogP contribution in [-0.4, -0.2) is 37.3 Å². The fraction of sp³-hybridized carbons (Fsp3) is 0.286. The molecule has 3 aromatic rings. The highest BCUT2D eigenvalue weighted by Gasteiger charge is 2.12. The number of benzene rings is 2. The highest BCUT2D eigenvalue weighted by atomic mass is 32.1.